The van der Waals surface area contributed by atoms with Crippen LogP contribution in [0.3, 0.4) is 0 Å². The molecule has 0 unspecified atom stereocenters. The largest absolute Gasteiger partial charge is 0.507 e. The van der Waals surface area contributed by atoms with E-state index < -0.39 is 11.6 Å². The molecule has 0 amide bonds. The molecule has 0 bridgehead atoms. The van der Waals surface area contributed by atoms with E-state index in [0.717, 1.165) is 0 Å². The van der Waals surface area contributed by atoms with Gasteiger partial charge in [0.25, 0.3) is 0 Å². The van der Waals surface area contributed by atoms with E-state index in [2.05, 4.69) is 20.4 Å². The van der Waals surface area contributed by atoms with Crippen molar-refractivity contribution in [1.82, 2.24) is 9.80 Å². The van der Waals surface area contributed by atoms with E-state index in [1.807, 2.05) is 0 Å². The van der Waals surface area contributed by atoms with E-state index in [0.29, 0.717) is 87.3 Å². The number of alkyl halides is 4. The number of benzene rings is 2. The Morgan fingerprint density at radius 1 is 0.553 bits per heavy atom. The van der Waals surface area contributed by atoms with Crippen LogP contribution in [0.2, 0.25) is 0 Å². The van der Waals surface area contributed by atoms with E-state index in [9.17, 15) is 19.8 Å². The van der Waals surface area contributed by atoms with Gasteiger partial charge in [-0.3, -0.25) is 19.4 Å². The smallest absolute Gasteiger partial charge is 0.200 e. The van der Waals surface area contributed by atoms with Gasteiger partial charge in [-0.1, -0.05) is 0 Å². The van der Waals surface area contributed by atoms with Crippen LogP contribution in [-0.2, 0) is 0 Å². The third-order valence-electron chi connectivity index (χ3n) is 6.36. The number of aromatic hydroxyl groups is 2. The molecule has 0 atom stereocenters. The van der Waals surface area contributed by atoms with E-state index in [4.69, 9.17) is 46.4 Å². The van der Waals surface area contributed by atoms with Crippen LogP contribution in [0.4, 0.5) is 11.4 Å². The summed E-state index contributed by atoms with van der Waals surface area (Å²) < 4.78 is 0. The molecule has 2 aromatic carbocycles. The van der Waals surface area contributed by atoms with Crippen molar-refractivity contribution in [3.8, 4) is 11.5 Å². The normalized spacial score (nSPS) is 12.7. The summed E-state index contributed by atoms with van der Waals surface area (Å²) in [5, 5.41) is 27.4. The lowest BCUT2D eigenvalue weighted by molar-refractivity contribution is 0.0975. The topological polar surface area (TPSA) is 105 Å². The molecule has 1 aliphatic rings. The zero-order valence-corrected chi connectivity index (χ0v) is 23.9. The number of hydrogen-bond donors (Lipinski definition) is 4. The van der Waals surface area contributed by atoms with Crippen LogP contribution >= 0.6 is 46.4 Å². The van der Waals surface area contributed by atoms with Crippen molar-refractivity contribution >= 4 is 69.3 Å². The fourth-order valence-corrected chi connectivity index (χ4v) is 5.46. The van der Waals surface area contributed by atoms with Crippen LogP contribution in [0.1, 0.15) is 31.8 Å². The fraction of sp³-hybridized carbons (Fsp3) is 0.462. The van der Waals surface area contributed by atoms with Crippen LogP contribution in [-0.4, -0.2) is 107 Å². The number of ketones is 2. The minimum absolute atomic E-state index is 0.146. The van der Waals surface area contributed by atoms with Crippen LogP contribution < -0.4 is 10.6 Å². The number of nitrogens with one attached hydrogen (secondary N) is 2. The van der Waals surface area contributed by atoms with Gasteiger partial charge in [-0.2, -0.15) is 0 Å². The summed E-state index contributed by atoms with van der Waals surface area (Å²) in [6, 6.07) is 5.88. The molecule has 8 nitrogen and oxygen atoms in total. The van der Waals surface area contributed by atoms with Crippen molar-refractivity contribution in [3.05, 3.63) is 46.5 Å². The first kappa shape index (κ1) is 30.6. The summed E-state index contributed by atoms with van der Waals surface area (Å²) in [5.41, 5.74) is 0.800. The molecule has 0 aliphatic heterocycles. The predicted molar refractivity (Wildman–Crippen MR) is 156 cm³/mol. The van der Waals surface area contributed by atoms with Gasteiger partial charge in [-0.25, -0.2) is 0 Å². The maximum atomic E-state index is 13.7. The molecule has 0 fully saturated rings. The quantitative estimate of drug-likeness (QED) is 0.142. The highest BCUT2D eigenvalue weighted by molar-refractivity contribution is 6.33. The molecule has 0 spiro atoms. The molecule has 12 heteroatoms. The van der Waals surface area contributed by atoms with Gasteiger partial charge in [0.05, 0.1) is 22.3 Å². The summed E-state index contributed by atoms with van der Waals surface area (Å²) in [7, 11) is 0. The molecular formula is C26H32Cl4N4O4. The highest BCUT2D eigenvalue weighted by Gasteiger charge is 2.38. The Bertz CT molecular complexity index is 1040. The van der Waals surface area contributed by atoms with Crippen molar-refractivity contribution in [2.45, 2.75) is 0 Å². The maximum absolute atomic E-state index is 13.7. The highest BCUT2D eigenvalue weighted by Crippen LogP contribution is 2.42. The Kier molecular flexibility index (Phi) is 12.1. The number of anilines is 2. The second-order valence-electron chi connectivity index (χ2n) is 8.72. The lowest BCUT2D eigenvalue weighted by atomic mass is 9.81. The SMILES string of the molecule is O=C1c2c(O)ccc(O)c2C(=O)c2c(NCCN(CCCl)CCCl)ccc(NCCN(CCCl)CCCl)c21. The van der Waals surface area contributed by atoms with Crippen LogP contribution in [0, 0.1) is 0 Å². The number of fused-ring (bicyclic) bond motifs is 2. The number of halogens is 4. The van der Waals surface area contributed by atoms with E-state index in [-0.39, 0.29) is 33.8 Å². The number of carbonyl (C=O) groups is 2. The number of phenolic OH excluding ortho intramolecular Hbond substituents is 2. The number of carbonyl (C=O) groups excluding carboxylic acids is 2. The van der Waals surface area contributed by atoms with Crippen molar-refractivity contribution in [2.24, 2.45) is 0 Å². The second kappa shape index (κ2) is 15.0. The van der Waals surface area contributed by atoms with Gasteiger partial charge in [0.1, 0.15) is 11.5 Å². The highest BCUT2D eigenvalue weighted by atomic mass is 35.5. The lowest BCUT2D eigenvalue weighted by Gasteiger charge is -2.26. The molecule has 0 heterocycles. The number of phenols is 2. The first-order valence-corrected chi connectivity index (χ1v) is 14.5. The van der Waals surface area contributed by atoms with Crippen LogP contribution in [0.5, 0.6) is 11.5 Å². The summed E-state index contributed by atoms with van der Waals surface area (Å²) in [4.78, 5) is 31.5. The average Bonchev–Trinajstić information content (AvgIpc) is 2.89. The molecule has 3 rings (SSSR count). The molecular weight excluding hydrogens is 574 g/mol. The van der Waals surface area contributed by atoms with Crippen molar-refractivity contribution in [1.29, 1.82) is 0 Å². The second-order valence-corrected chi connectivity index (χ2v) is 10.2. The van der Waals surface area contributed by atoms with E-state index in [1.165, 1.54) is 12.1 Å². The van der Waals surface area contributed by atoms with E-state index >= 15 is 0 Å². The summed E-state index contributed by atoms with van der Waals surface area (Å²) in [5.74, 6) is 0.0490. The minimum atomic E-state index is -0.543. The van der Waals surface area contributed by atoms with Crippen molar-refractivity contribution < 1.29 is 19.8 Å². The third-order valence-corrected chi connectivity index (χ3v) is 7.04. The first-order chi connectivity index (χ1) is 18.4. The number of hydrogen-bond acceptors (Lipinski definition) is 8. The molecule has 0 aromatic heterocycles. The summed E-state index contributed by atoms with van der Waals surface area (Å²) in [6.07, 6.45) is 0. The zero-order valence-electron chi connectivity index (χ0n) is 20.9. The molecule has 4 N–H and O–H groups in total. The molecule has 0 saturated heterocycles. The van der Waals surface area contributed by atoms with Gasteiger partial charge < -0.3 is 20.8 Å². The zero-order chi connectivity index (χ0) is 27.7. The number of rotatable bonds is 16. The Labute approximate surface area is 242 Å². The summed E-state index contributed by atoms with van der Waals surface area (Å²) >= 11 is 23.6. The predicted octanol–water partition coefficient (Wildman–Crippen LogP) is 4.26. The molecule has 38 heavy (non-hydrogen) atoms. The van der Waals surface area contributed by atoms with E-state index in [1.54, 1.807) is 12.1 Å². The van der Waals surface area contributed by atoms with Gasteiger partial charge in [-0.05, 0) is 24.3 Å². The van der Waals surface area contributed by atoms with Gasteiger partial charge in [0, 0.05) is 87.3 Å². The Balaban J connectivity index is 1.94. The van der Waals surface area contributed by atoms with Crippen LogP contribution in [0.15, 0.2) is 24.3 Å². The first-order valence-electron chi connectivity index (χ1n) is 12.4. The van der Waals surface area contributed by atoms with Crippen molar-refractivity contribution in [3.63, 3.8) is 0 Å². The molecule has 0 radical (unpaired) electrons. The molecule has 208 valence electrons. The lowest BCUT2D eigenvalue weighted by Crippen LogP contribution is -2.33. The molecule has 0 saturated carbocycles. The van der Waals surface area contributed by atoms with Gasteiger partial charge in [0.2, 0.25) is 11.6 Å². The Hall–Kier alpha value is -1.94. The average molecular weight is 606 g/mol. The van der Waals surface area contributed by atoms with Gasteiger partial charge in [-0.15, -0.1) is 46.4 Å². The third kappa shape index (κ3) is 7.17. The Morgan fingerprint density at radius 2 is 0.895 bits per heavy atom. The Morgan fingerprint density at radius 3 is 1.21 bits per heavy atom. The van der Waals surface area contributed by atoms with Gasteiger partial charge >= 0.3 is 0 Å². The van der Waals surface area contributed by atoms with Crippen molar-refractivity contribution in [2.75, 3.05) is 86.5 Å². The summed E-state index contributed by atoms with van der Waals surface area (Å²) in [6.45, 7) is 4.85. The number of nitrogens with zero attached hydrogens (tertiary/aromatic N) is 2. The molecule has 1 aliphatic carbocycles. The van der Waals surface area contributed by atoms with Gasteiger partial charge in [0.15, 0.2) is 0 Å². The standard InChI is InChI=1S/C26H32Cl4N4O4/c27-5-11-33(12-6-28)15-9-31-17-1-2-18(32-10-16-34(13-7-29)14-8-30)22-21(17)25(37)23-19(35)3-4-20(36)24(23)26(22)38/h1-4,31-32,35-36H,5-16H2. The maximum Gasteiger partial charge on any atom is 0.200 e. The monoisotopic (exact) mass is 604 g/mol. The fourth-order valence-electron chi connectivity index (χ4n) is 4.51. The minimum Gasteiger partial charge on any atom is -0.507 e. The molecule has 2 aromatic rings. The van der Waals surface area contributed by atoms with Crippen LogP contribution in [0.25, 0.3) is 0 Å².